The zero-order chi connectivity index (χ0) is 18.4. The number of hydrogen-bond acceptors (Lipinski definition) is 5. The average molecular weight is 370 g/mol. The van der Waals surface area contributed by atoms with Gasteiger partial charge in [0.2, 0.25) is 0 Å². The summed E-state index contributed by atoms with van der Waals surface area (Å²) in [6.07, 6.45) is 0. The number of ether oxygens (including phenoxy) is 4. The van der Waals surface area contributed by atoms with Crippen LogP contribution in [0.15, 0.2) is 30.3 Å². The number of carbonyl (C=O) groups is 1. The molecule has 136 valence electrons. The molecule has 0 aliphatic carbocycles. The van der Waals surface area contributed by atoms with Gasteiger partial charge in [0.1, 0.15) is 28.6 Å². The van der Waals surface area contributed by atoms with E-state index in [1.165, 1.54) is 14.2 Å². The maximum atomic E-state index is 12.9. The van der Waals surface area contributed by atoms with E-state index in [2.05, 4.69) is 0 Å². The van der Waals surface area contributed by atoms with Crippen molar-refractivity contribution in [3.8, 4) is 23.0 Å². The molecule has 2 aromatic carbocycles. The molecule has 0 aliphatic heterocycles. The van der Waals surface area contributed by atoms with Crippen LogP contribution >= 0.6 is 8.58 Å². The number of carbonyl (C=O) groups excluding carboxylic acids is 1. The summed E-state index contributed by atoms with van der Waals surface area (Å²) in [5.41, 5.74) is 1.39. The van der Waals surface area contributed by atoms with Crippen molar-refractivity contribution in [3.63, 3.8) is 0 Å². The van der Waals surface area contributed by atoms with Crippen LogP contribution < -0.4 is 24.3 Å². The van der Waals surface area contributed by atoms with Crippen LogP contribution in [0.2, 0.25) is 0 Å². The Morgan fingerprint density at radius 3 is 2.04 bits per heavy atom. The quantitative estimate of drug-likeness (QED) is 0.528. The van der Waals surface area contributed by atoms with Crippen molar-refractivity contribution in [1.82, 2.24) is 0 Å². The average Bonchev–Trinajstić information content (AvgIpc) is 2.62. The van der Waals surface area contributed by atoms with Gasteiger partial charge in [-0.1, -0.05) is 6.07 Å². The third-order valence-corrected chi connectivity index (χ3v) is 5.01. The Kier molecular flexibility index (Phi) is 9.02. The van der Waals surface area contributed by atoms with Crippen LogP contribution in [0.1, 0.15) is 22.8 Å². The Morgan fingerprint density at radius 1 is 0.962 bits per heavy atom. The number of rotatable bonds is 8. The summed E-state index contributed by atoms with van der Waals surface area (Å²) < 4.78 is 21.5. The van der Waals surface area contributed by atoms with Gasteiger partial charge in [0, 0.05) is 12.1 Å². The van der Waals surface area contributed by atoms with E-state index in [0.29, 0.717) is 29.4 Å². The summed E-state index contributed by atoms with van der Waals surface area (Å²) in [6.45, 7) is 4.53. The Labute approximate surface area is 168 Å². The molecule has 1 unspecified atom stereocenters. The van der Waals surface area contributed by atoms with Crippen molar-refractivity contribution in [2.45, 2.75) is 13.8 Å². The normalized spacial score (nSPS) is 10.3. The molecule has 0 saturated carbocycles. The molecule has 0 aliphatic rings. The summed E-state index contributed by atoms with van der Waals surface area (Å²) >= 11 is 0. The second kappa shape index (κ2) is 10.5. The van der Waals surface area contributed by atoms with Gasteiger partial charge in [-0.25, -0.2) is 0 Å². The van der Waals surface area contributed by atoms with Crippen LogP contribution in [0.25, 0.3) is 0 Å². The van der Waals surface area contributed by atoms with Gasteiger partial charge in [0.15, 0.2) is 5.52 Å². The first-order valence-corrected chi connectivity index (χ1v) is 8.88. The summed E-state index contributed by atoms with van der Waals surface area (Å²) in [5.74, 6) is 2.26. The van der Waals surface area contributed by atoms with Crippen molar-refractivity contribution < 1.29 is 23.7 Å². The minimum atomic E-state index is -0.0522. The Hall–Kier alpha value is -1.66. The molecule has 2 rings (SSSR count). The summed E-state index contributed by atoms with van der Waals surface area (Å²) in [6, 6.07) is 9.13. The molecule has 0 bridgehead atoms. The summed E-state index contributed by atoms with van der Waals surface area (Å²) in [5, 5.41) is 0.966. The molecule has 0 N–H and O–H groups in total. The molecule has 0 fully saturated rings. The number of methoxy groups -OCH3 is 3. The number of benzene rings is 2. The van der Waals surface area contributed by atoms with Crippen LogP contribution in [0, 0.1) is 6.92 Å². The van der Waals surface area contributed by atoms with Crippen LogP contribution in [0.5, 0.6) is 23.0 Å². The van der Waals surface area contributed by atoms with E-state index in [0.717, 1.165) is 16.6 Å². The van der Waals surface area contributed by atoms with Crippen molar-refractivity contribution >= 4 is 38.3 Å². The van der Waals surface area contributed by atoms with Gasteiger partial charge in [-0.2, -0.15) is 0 Å². The van der Waals surface area contributed by atoms with Gasteiger partial charge in [0.25, 0.3) is 0 Å². The molecule has 0 saturated heterocycles. The maximum absolute atomic E-state index is 12.9. The topological polar surface area (TPSA) is 54.0 Å². The summed E-state index contributed by atoms with van der Waals surface area (Å²) in [7, 11) is 4.56. The van der Waals surface area contributed by atoms with E-state index in [-0.39, 0.29) is 33.0 Å². The van der Waals surface area contributed by atoms with Crippen molar-refractivity contribution in [2.75, 3.05) is 27.9 Å². The molecule has 0 aromatic heterocycles. The predicted octanol–water partition coefficient (Wildman–Crippen LogP) is 2.92. The first-order valence-electron chi connectivity index (χ1n) is 7.88. The molecular formula is C19H24LiO5P. The first kappa shape index (κ1) is 22.4. The fourth-order valence-corrected chi connectivity index (χ4v) is 3.50. The fourth-order valence-electron chi connectivity index (χ4n) is 2.45. The van der Waals surface area contributed by atoms with Crippen LogP contribution in [-0.2, 0) is 0 Å². The number of aryl methyl sites for hydroxylation is 1. The molecular weight excluding hydrogens is 346 g/mol. The zero-order valence-electron chi connectivity index (χ0n) is 15.1. The van der Waals surface area contributed by atoms with Crippen molar-refractivity contribution in [3.05, 3.63) is 41.5 Å². The van der Waals surface area contributed by atoms with Gasteiger partial charge >= 0.3 is 18.9 Å². The van der Waals surface area contributed by atoms with Gasteiger partial charge < -0.3 is 18.9 Å². The minimum absolute atomic E-state index is 0. The molecule has 26 heavy (non-hydrogen) atoms. The molecule has 2 aromatic rings. The zero-order valence-corrected chi connectivity index (χ0v) is 16.1. The molecule has 0 spiro atoms. The second-order valence-corrected chi connectivity index (χ2v) is 6.51. The van der Waals surface area contributed by atoms with Gasteiger partial charge in [0.05, 0.1) is 27.9 Å². The van der Waals surface area contributed by atoms with E-state index >= 15 is 0 Å². The van der Waals surface area contributed by atoms with E-state index < -0.39 is 0 Å². The molecule has 0 heterocycles. The fraction of sp³-hybridized carbons (Fsp3) is 0.316. The molecule has 5 nitrogen and oxygen atoms in total. The Balaban J connectivity index is 0.00000338. The van der Waals surface area contributed by atoms with E-state index in [1.807, 2.05) is 32.0 Å². The number of hydrogen-bond donors (Lipinski definition) is 0. The van der Waals surface area contributed by atoms with Crippen LogP contribution in [-0.4, -0.2) is 52.3 Å². The molecule has 1 atom stereocenters. The van der Waals surface area contributed by atoms with E-state index in [9.17, 15) is 4.79 Å². The third kappa shape index (κ3) is 5.17. The van der Waals surface area contributed by atoms with Crippen LogP contribution in [0.3, 0.4) is 0 Å². The molecule has 0 amide bonds. The monoisotopic (exact) mass is 370 g/mol. The van der Waals surface area contributed by atoms with Crippen molar-refractivity contribution in [1.29, 1.82) is 0 Å². The third-order valence-electron chi connectivity index (χ3n) is 3.70. The van der Waals surface area contributed by atoms with E-state index in [1.54, 1.807) is 19.2 Å². The Morgan fingerprint density at radius 2 is 1.58 bits per heavy atom. The van der Waals surface area contributed by atoms with Gasteiger partial charge in [-0.3, -0.25) is 4.79 Å². The SMILES string of the molecule is CCOc1ccc(PC(=O)c2c(OC)cc(OC)cc2OC)c(C)c1.[LiH]. The Bertz CT molecular complexity index is 739. The molecule has 0 radical (unpaired) electrons. The second-order valence-electron chi connectivity index (χ2n) is 5.27. The first-order chi connectivity index (χ1) is 12.0. The van der Waals surface area contributed by atoms with Crippen molar-refractivity contribution in [2.24, 2.45) is 0 Å². The summed E-state index contributed by atoms with van der Waals surface area (Å²) in [4.78, 5) is 12.9. The van der Waals surface area contributed by atoms with E-state index in [4.69, 9.17) is 18.9 Å². The van der Waals surface area contributed by atoms with Gasteiger partial charge in [-0.05, 0) is 45.4 Å². The van der Waals surface area contributed by atoms with Gasteiger partial charge in [-0.15, -0.1) is 0 Å². The molecule has 7 heteroatoms. The predicted molar refractivity (Wildman–Crippen MR) is 108 cm³/mol. The van der Waals surface area contributed by atoms with Crippen LogP contribution in [0.4, 0.5) is 0 Å². The standard InChI is InChI=1S/C19H23O5P.Li.H/c1-6-24-13-7-8-17(12(2)9-13)25-19(20)18-15(22-4)10-14(21-3)11-16(18)23-5;;/h7-11,25H,6H2,1-5H3;;.